The summed E-state index contributed by atoms with van der Waals surface area (Å²) in [4.78, 5) is 12.4. The Balaban J connectivity index is 1.72. The molecule has 1 aliphatic rings. The molecule has 1 heterocycles. The Bertz CT molecular complexity index is 896. The number of ketones is 1. The summed E-state index contributed by atoms with van der Waals surface area (Å²) in [6, 6.07) is 12.4. The van der Waals surface area contributed by atoms with Crippen LogP contribution in [0, 0.1) is 0 Å². The van der Waals surface area contributed by atoms with Crippen LogP contribution >= 0.6 is 0 Å². The Labute approximate surface area is 152 Å². The Morgan fingerprint density at radius 2 is 1.62 bits per heavy atom. The first-order valence-electron chi connectivity index (χ1n) is 8.16. The van der Waals surface area contributed by atoms with Crippen molar-refractivity contribution in [1.82, 2.24) is 4.31 Å². The molecule has 0 radical (unpaired) electrons. The lowest BCUT2D eigenvalue weighted by Crippen LogP contribution is -2.40. The summed E-state index contributed by atoms with van der Waals surface area (Å²) in [5, 5.41) is 9.25. The number of benzene rings is 2. The summed E-state index contributed by atoms with van der Waals surface area (Å²) in [7, 11) is -3.56. The fourth-order valence-electron chi connectivity index (χ4n) is 2.58. The third-order valence-corrected chi connectivity index (χ3v) is 5.98. The number of nitrogens with zero attached hydrogens (tertiary/aromatic N) is 1. The van der Waals surface area contributed by atoms with Gasteiger partial charge in [0.25, 0.3) is 0 Å². The first kappa shape index (κ1) is 18.3. The molecule has 2 aromatic carbocycles. The van der Waals surface area contributed by atoms with Gasteiger partial charge in [-0.15, -0.1) is 0 Å². The van der Waals surface area contributed by atoms with Crippen molar-refractivity contribution < 1.29 is 23.1 Å². The molecule has 7 heteroatoms. The molecule has 1 fully saturated rings. The van der Waals surface area contributed by atoms with E-state index in [-0.39, 0.29) is 16.4 Å². The van der Waals surface area contributed by atoms with Crippen LogP contribution in [0.3, 0.4) is 0 Å². The maximum atomic E-state index is 12.6. The van der Waals surface area contributed by atoms with Crippen molar-refractivity contribution >= 4 is 21.9 Å². The van der Waals surface area contributed by atoms with Crippen LogP contribution < -0.4 is 0 Å². The van der Waals surface area contributed by atoms with Crippen molar-refractivity contribution in [3.8, 4) is 5.75 Å². The monoisotopic (exact) mass is 373 g/mol. The molecule has 0 spiro atoms. The molecule has 0 amide bonds. The zero-order valence-electron chi connectivity index (χ0n) is 14.0. The molecule has 1 aliphatic heterocycles. The average Bonchev–Trinajstić information content (AvgIpc) is 2.68. The van der Waals surface area contributed by atoms with Gasteiger partial charge in [-0.1, -0.05) is 18.2 Å². The van der Waals surface area contributed by atoms with Gasteiger partial charge in [-0.25, -0.2) is 8.42 Å². The lowest BCUT2D eigenvalue weighted by atomic mass is 10.1. The molecule has 0 atom stereocenters. The van der Waals surface area contributed by atoms with E-state index in [1.165, 1.54) is 46.8 Å². The van der Waals surface area contributed by atoms with Gasteiger partial charge in [-0.2, -0.15) is 4.31 Å². The highest BCUT2D eigenvalue weighted by Gasteiger charge is 2.26. The third-order valence-electron chi connectivity index (χ3n) is 4.07. The number of hydrogen-bond donors (Lipinski definition) is 1. The number of carbonyl (C=O) groups excluding carboxylic acids is 1. The number of phenols is 1. The maximum Gasteiger partial charge on any atom is 0.243 e. The number of morpholine rings is 1. The van der Waals surface area contributed by atoms with Crippen LogP contribution in [0.15, 0.2) is 59.5 Å². The summed E-state index contributed by atoms with van der Waals surface area (Å²) >= 11 is 0. The Morgan fingerprint density at radius 3 is 2.23 bits per heavy atom. The average molecular weight is 373 g/mol. The number of phenolic OH excluding ortho intramolecular Hbond substituents is 1. The normalized spacial score (nSPS) is 16.0. The number of carbonyl (C=O) groups is 1. The summed E-state index contributed by atoms with van der Waals surface area (Å²) in [5.41, 5.74) is 1.18. The predicted octanol–water partition coefficient (Wildman–Crippen LogP) is 2.31. The highest BCUT2D eigenvalue weighted by molar-refractivity contribution is 7.89. The summed E-state index contributed by atoms with van der Waals surface area (Å²) in [6.07, 6.45) is 3.05. The summed E-state index contributed by atoms with van der Waals surface area (Å²) in [6.45, 7) is 1.44. The quantitative estimate of drug-likeness (QED) is 0.642. The zero-order chi connectivity index (χ0) is 18.6. The molecule has 0 bridgehead atoms. The molecule has 26 heavy (non-hydrogen) atoms. The van der Waals surface area contributed by atoms with Gasteiger partial charge < -0.3 is 9.84 Å². The van der Waals surface area contributed by atoms with Gasteiger partial charge in [0, 0.05) is 18.7 Å². The molecular weight excluding hydrogens is 354 g/mol. The minimum absolute atomic E-state index is 0.158. The fourth-order valence-corrected chi connectivity index (χ4v) is 3.99. The number of allylic oxidation sites excluding steroid dienone is 1. The first-order chi connectivity index (χ1) is 12.5. The van der Waals surface area contributed by atoms with Gasteiger partial charge in [0.05, 0.1) is 18.1 Å². The Morgan fingerprint density at radius 1 is 1.00 bits per heavy atom. The lowest BCUT2D eigenvalue weighted by molar-refractivity contribution is 0.0730. The van der Waals surface area contributed by atoms with Gasteiger partial charge in [0.2, 0.25) is 10.0 Å². The maximum absolute atomic E-state index is 12.6. The van der Waals surface area contributed by atoms with Crippen molar-refractivity contribution in [1.29, 1.82) is 0 Å². The molecule has 0 aromatic heterocycles. The molecule has 2 aromatic rings. The first-order valence-corrected chi connectivity index (χ1v) is 9.60. The predicted molar refractivity (Wildman–Crippen MR) is 97.5 cm³/mol. The fraction of sp³-hybridized carbons (Fsp3) is 0.211. The van der Waals surface area contributed by atoms with Gasteiger partial charge in [0.15, 0.2) is 5.78 Å². The van der Waals surface area contributed by atoms with Crippen LogP contribution in [0.5, 0.6) is 5.75 Å². The Hall–Kier alpha value is -2.48. The van der Waals surface area contributed by atoms with Crippen LogP contribution in [0.4, 0.5) is 0 Å². The molecule has 0 unspecified atom stereocenters. The number of aromatic hydroxyl groups is 1. The largest absolute Gasteiger partial charge is 0.508 e. The summed E-state index contributed by atoms with van der Waals surface area (Å²) in [5.74, 6) is -0.0704. The molecule has 136 valence electrons. The molecule has 0 saturated carbocycles. The van der Waals surface area contributed by atoms with Gasteiger partial charge in [0.1, 0.15) is 5.75 Å². The number of ether oxygens (including phenoxy) is 1. The second-order valence-corrected chi connectivity index (χ2v) is 7.77. The lowest BCUT2D eigenvalue weighted by Gasteiger charge is -2.26. The van der Waals surface area contributed by atoms with E-state index in [1.807, 2.05) is 0 Å². The molecule has 1 N–H and O–H groups in total. The van der Waals surface area contributed by atoms with Crippen molar-refractivity contribution in [3.63, 3.8) is 0 Å². The minimum Gasteiger partial charge on any atom is -0.508 e. The van der Waals surface area contributed by atoms with Crippen LogP contribution in [0.1, 0.15) is 15.9 Å². The minimum atomic E-state index is -3.56. The smallest absolute Gasteiger partial charge is 0.243 e. The molecule has 0 aliphatic carbocycles. The van der Waals surface area contributed by atoms with E-state index in [0.717, 1.165) is 5.56 Å². The van der Waals surface area contributed by atoms with Crippen molar-refractivity contribution in [2.75, 3.05) is 26.3 Å². The summed E-state index contributed by atoms with van der Waals surface area (Å²) < 4.78 is 31.7. The second-order valence-electron chi connectivity index (χ2n) is 5.83. The van der Waals surface area contributed by atoms with E-state index in [2.05, 4.69) is 0 Å². The van der Waals surface area contributed by atoms with E-state index < -0.39 is 10.0 Å². The molecule has 1 saturated heterocycles. The zero-order valence-corrected chi connectivity index (χ0v) is 14.9. The van der Waals surface area contributed by atoms with E-state index in [1.54, 1.807) is 18.2 Å². The van der Waals surface area contributed by atoms with Crippen LogP contribution in [0.2, 0.25) is 0 Å². The van der Waals surface area contributed by atoms with E-state index in [4.69, 9.17) is 4.74 Å². The molecule has 6 nitrogen and oxygen atoms in total. The Kier molecular flexibility index (Phi) is 5.51. The SMILES string of the molecule is O=C(C=Cc1ccc(O)cc1)c1ccc(S(=O)(=O)N2CCOCC2)cc1. The van der Waals surface area contributed by atoms with Crippen molar-refractivity contribution in [3.05, 3.63) is 65.7 Å². The molecule has 3 rings (SSSR count). The second kappa shape index (κ2) is 7.82. The van der Waals surface area contributed by atoms with Gasteiger partial charge in [-0.3, -0.25) is 4.79 Å². The standard InChI is InChI=1S/C19H19NO5S/c21-17-6-1-15(2-7-17)3-10-19(22)16-4-8-18(9-5-16)26(23,24)20-11-13-25-14-12-20/h1-10,21H,11-14H2. The highest BCUT2D eigenvalue weighted by atomic mass is 32.2. The number of hydrogen-bond acceptors (Lipinski definition) is 5. The van der Waals surface area contributed by atoms with E-state index in [0.29, 0.717) is 31.9 Å². The van der Waals surface area contributed by atoms with Crippen LogP contribution in [0.25, 0.3) is 6.08 Å². The van der Waals surface area contributed by atoms with Crippen LogP contribution in [-0.2, 0) is 14.8 Å². The van der Waals surface area contributed by atoms with E-state index in [9.17, 15) is 18.3 Å². The van der Waals surface area contributed by atoms with Gasteiger partial charge >= 0.3 is 0 Å². The van der Waals surface area contributed by atoms with E-state index >= 15 is 0 Å². The van der Waals surface area contributed by atoms with Crippen molar-refractivity contribution in [2.45, 2.75) is 4.90 Å². The number of sulfonamides is 1. The number of rotatable bonds is 5. The highest BCUT2D eigenvalue weighted by Crippen LogP contribution is 2.18. The van der Waals surface area contributed by atoms with Gasteiger partial charge in [-0.05, 0) is 48.0 Å². The van der Waals surface area contributed by atoms with Crippen molar-refractivity contribution in [2.24, 2.45) is 0 Å². The topological polar surface area (TPSA) is 83.9 Å². The van der Waals surface area contributed by atoms with Crippen LogP contribution in [-0.4, -0.2) is 49.9 Å². The third kappa shape index (κ3) is 4.19. The molecular formula is C19H19NO5S.